The highest BCUT2D eigenvalue weighted by atomic mass is 32.1. The summed E-state index contributed by atoms with van der Waals surface area (Å²) in [6.45, 7) is 3.78. The Hall–Kier alpha value is -1.49. The van der Waals surface area contributed by atoms with Crippen LogP contribution in [0.3, 0.4) is 0 Å². The Morgan fingerprint density at radius 1 is 1.50 bits per heavy atom. The molecule has 2 aromatic heterocycles. The van der Waals surface area contributed by atoms with Crippen LogP contribution < -0.4 is 0 Å². The Bertz CT molecular complexity index is 527. The van der Waals surface area contributed by atoms with Gasteiger partial charge in [-0.15, -0.1) is 11.3 Å². The monoisotopic (exact) mass is 235 g/mol. The zero-order valence-electron chi connectivity index (χ0n) is 9.52. The highest BCUT2D eigenvalue weighted by Gasteiger charge is 2.15. The number of thiazole rings is 1. The molecule has 0 aliphatic heterocycles. The lowest BCUT2D eigenvalue weighted by Gasteiger charge is -1.95. The molecule has 2 aromatic rings. The first-order valence-corrected chi connectivity index (χ1v) is 5.83. The van der Waals surface area contributed by atoms with E-state index in [1.807, 2.05) is 33.2 Å². The van der Waals surface area contributed by atoms with Crippen LogP contribution in [0.25, 0.3) is 0 Å². The van der Waals surface area contributed by atoms with Crippen LogP contribution in [0.2, 0.25) is 0 Å². The normalized spacial score (nSPS) is 10.7. The molecule has 16 heavy (non-hydrogen) atoms. The SMILES string of the molecule is Cc1nc(C)c(C(=O)Cc2ccn(C)n2)s1. The smallest absolute Gasteiger partial charge is 0.180 e. The molecular formula is C11H13N3OS. The highest BCUT2D eigenvalue weighted by Crippen LogP contribution is 2.19. The van der Waals surface area contributed by atoms with E-state index in [4.69, 9.17) is 0 Å². The third-order valence-electron chi connectivity index (χ3n) is 2.27. The van der Waals surface area contributed by atoms with Crippen LogP contribution in [-0.2, 0) is 13.5 Å². The van der Waals surface area contributed by atoms with Gasteiger partial charge >= 0.3 is 0 Å². The maximum absolute atomic E-state index is 12.0. The molecule has 0 radical (unpaired) electrons. The van der Waals surface area contributed by atoms with Crippen molar-refractivity contribution in [2.24, 2.45) is 7.05 Å². The second kappa shape index (κ2) is 4.17. The topological polar surface area (TPSA) is 47.8 Å². The van der Waals surface area contributed by atoms with Crippen molar-refractivity contribution in [1.82, 2.24) is 14.8 Å². The summed E-state index contributed by atoms with van der Waals surface area (Å²) in [4.78, 5) is 17.0. The first-order valence-electron chi connectivity index (χ1n) is 5.02. The van der Waals surface area contributed by atoms with Gasteiger partial charge in [0.25, 0.3) is 0 Å². The van der Waals surface area contributed by atoms with Gasteiger partial charge in [-0.2, -0.15) is 5.10 Å². The Labute approximate surface area is 97.9 Å². The van der Waals surface area contributed by atoms with Gasteiger partial charge in [0.2, 0.25) is 0 Å². The van der Waals surface area contributed by atoms with Gasteiger partial charge < -0.3 is 0 Å². The van der Waals surface area contributed by atoms with Crippen molar-refractivity contribution in [1.29, 1.82) is 0 Å². The third kappa shape index (κ3) is 2.19. The molecule has 0 bridgehead atoms. The minimum Gasteiger partial charge on any atom is -0.293 e. The number of Topliss-reactive ketones (excluding diaryl/α,β-unsaturated/α-hetero) is 1. The number of carbonyl (C=O) groups excluding carboxylic acids is 1. The number of ketones is 1. The maximum Gasteiger partial charge on any atom is 0.180 e. The Morgan fingerprint density at radius 3 is 2.75 bits per heavy atom. The fourth-order valence-electron chi connectivity index (χ4n) is 1.59. The average Bonchev–Trinajstić information content (AvgIpc) is 2.73. The van der Waals surface area contributed by atoms with Gasteiger partial charge in [-0.1, -0.05) is 0 Å². The lowest BCUT2D eigenvalue weighted by Crippen LogP contribution is -2.04. The molecule has 0 atom stereocenters. The number of carbonyl (C=O) groups is 1. The van der Waals surface area contributed by atoms with Crippen LogP contribution >= 0.6 is 11.3 Å². The van der Waals surface area contributed by atoms with Crippen molar-refractivity contribution in [3.63, 3.8) is 0 Å². The maximum atomic E-state index is 12.0. The van der Waals surface area contributed by atoms with E-state index in [1.54, 1.807) is 4.68 Å². The summed E-state index contributed by atoms with van der Waals surface area (Å²) in [7, 11) is 1.84. The van der Waals surface area contributed by atoms with Gasteiger partial charge in [0.15, 0.2) is 5.78 Å². The fourth-order valence-corrected chi connectivity index (χ4v) is 2.45. The molecule has 0 N–H and O–H groups in total. The lowest BCUT2D eigenvalue weighted by atomic mass is 10.2. The standard InChI is InChI=1S/C11H13N3OS/c1-7-11(16-8(2)12-7)10(15)6-9-4-5-14(3)13-9/h4-5H,6H2,1-3H3. The van der Waals surface area contributed by atoms with Crippen LogP contribution in [0, 0.1) is 13.8 Å². The molecule has 0 amide bonds. The van der Waals surface area contributed by atoms with Crippen molar-refractivity contribution in [2.45, 2.75) is 20.3 Å². The molecule has 0 saturated heterocycles. The molecule has 0 saturated carbocycles. The molecule has 0 aliphatic carbocycles. The van der Waals surface area contributed by atoms with E-state index in [0.717, 1.165) is 21.3 Å². The molecule has 0 unspecified atom stereocenters. The summed E-state index contributed by atoms with van der Waals surface area (Å²) in [6, 6.07) is 1.86. The van der Waals surface area contributed by atoms with Crippen molar-refractivity contribution in [2.75, 3.05) is 0 Å². The van der Waals surface area contributed by atoms with Crippen LogP contribution in [0.15, 0.2) is 12.3 Å². The zero-order chi connectivity index (χ0) is 11.7. The van der Waals surface area contributed by atoms with Gasteiger partial charge in [-0.05, 0) is 19.9 Å². The Morgan fingerprint density at radius 2 is 2.25 bits per heavy atom. The van der Waals surface area contributed by atoms with Gasteiger partial charge in [0.1, 0.15) is 0 Å². The Kier molecular flexibility index (Phi) is 2.87. The van der Waals surface area contributed by atoms with Crippen LogP contribution in [-0.4, -0.2) is 20.5 Å². The van der Waals surface area contributed by atoms with Crippen LogP contribution in [0.5, 0.6) is 0 Å². The van der Waals surface area contributed by atoms with Crippen molar-refractivity contribution in [3.8, 4) is 0 Å². The molecule has 4 nitrogen and oxygen atoms in total. The number of aromatic nitrogens is 3. The van der Waals surface area contributed by atoms with Crippen LogP contribution in [0.1, 0.15) is 26.1 Å². The zero-order valence-corrected chi connectivity index (χ0v) is 10.3. The highest BCUT2D eigenvalue weighted by molar-refractivity contribution is 7.13. The Balaban J connectivity index is 2.17. The van der Waals surface area contributed by atoms with Gasteiger partial charge in [-0.25, -0.2) is 4.98 Å². The number of aryl methyl sites for hydroxylation is 3. The largest absolute Gasteiger partial charge is 0.293 e. The summed E-state index contributed by atoms with van der Waals surface area (Å²) in [5, 5.41) is 5.12. The van der Waals surface area contributed by atoms with Crippen molar-refractivity contribution < 1.29 is 4.79 Å². The van der Waals surface area contributed by atoms with E-state index < -0.39 is 0 Å². The number of nitrogens with zero attached hydrogens (tertiary/aromatic N) is 3. The second-order valence-electron chi connectivity index (χ2n) is 3.73. The van der Waals surface area contributed by atoms with Gasteiger partial charge in [-0.3, -0.25) is 9.48 Å². The summed E-state index contributed by atoms with van der Waals surface area (Å²) in [6.07, 6.45) is 2.19. The van der Waals surface area contributed by atoms with Crippen molar-refractivity contribution >= 4 is 17.1 Å². The van der Waals surface area contributed by atoms with E-state index in [1.165, 1.54) is 11.3 Å². The molecule has 5 heteroatoms. The summed E-state index contributed by atoms with van der Waals surface area (Å²) in [5.41, 5.74) is 1.63. The molecule has 0 spiro atoms. The predicted octanol–water partition coefficient (Wildman–Crippen LogP) is 1.92. The molecule has 0 fully saturated rings. The minimum absolute atomic E-state index is 0.0989. The van der Waals surface area contributed by atoms with Crippen LogP contribution in [0.4, 0.5) is 0 Å². The number of hydrogen-bond donors (Lipinski definition) is 0. The molecule has 84 valence electrons. The minimum atomic E-state index is 0.0989. The van der Waals surface area contributed by atoms with E-state index in [9.17, 15) is 4.79 Å². The van der Waals surface area contributed by atoms with E-state index in [-0.39, 0.29) is 5.78 Å². The van der Waals surface area contributed by atoms with E-state index >= 15 is 0 Å². The van der Waals surface area contributed by atoms with Gasteiger partial charge in [0.05, 0.1) is 27.7 Å². The fraction of sp³-hybridized carbons (Fsp3) is 0.364. The third-order valence-corrected chi connectivity index (χ3v) is 3.38. The predicted molar refractivity (Wildman–Crippen MR) is 62.8 cm³/mol. The molecule has 0 aliphatic rings. The summed E-state index contributed by atoms with van der Waals surface area (Å²) >= 11 is 1.45. The second-order valence-corrected chi connectivity index (χ2v) is 4.93. The number of rotatable bonds is 3. The summed E-state index contributed by atoms with van der Waals surface area (Å²) in [5.74, 6) is 0.0989. The quantitative estimate of drug-likeness (QED) is 0.764. The van der Waals surface area contributed by atoms with E-state index in [2.05, 4.69) is 10.1 Å². The molecule has 2 heterocycles. The molecular weight excluding hydrogens is 222 g/mol. The first-order chi connectivity index (χ1) is 7.56. The van der Waals surface area contributed by atoms with Gasteiger partial charge in [0, 0.05) is 13.2 Å². The summed E-state index contributed by atoms with van der Waals surface area (Å²) < 4.78 is 1.70. The molecule has 0 aromatic carbocycles. The van der Waals surface area contributed by atoms with E-state index in [0.29, 0.717) is 6.42 Å². The molecule has 2 rings (SSSR count). The van der Waals surface area contributed by atoms with Crippen molar-refractivity contribution in [3.05, 3.63) is 33.5 Å². The average molecular weight is 235 g/mol. The first kappa shape index (κ1) is 11.0. The number of hydrogen-bond acceptors (Lipinski definition) is 4. The lowest BCUT2D eigenvalue weighted by molar-refractivity contribution is 0.0995.